The first-order valence-corrected chi connectivity index (χ1v) is 8.15. The van der Waals surface area contributed by atoms with E-state index in [2.05, 4.69) is 91.0 Å². The van der Waals surface area contributed by atoms with Gasteiger partial charge in [-0.25, -0.2) is 0 Å². The predicted octanol–water partition coefficient (Wildman–Crippen LogP) is 5.17. The highest BCUT2D eigenvalue weighted by molar-refractivity contribution is 5.96. The number of hydrogen-bond acceptors (Lipinski definition) is 1. The number of fused-ring (bicyclic) bond motifs is 1. The Morgan fingerprint density at radius 1 is 0.909 bits per heavy atom. The lowest BCUT2D eigenvalue weighted by Crippen LogP contribution is -2.30. The maximum atomic E-state index is 2.47. The van der Waals surface area contributed by atoms with Crippen LogP contribution in [0, 0.1) is 0 Å². The Kier molecular flexibility index (Phi) is 4.30. The monoisotopic (exact) mass is 292 g/mol. The SMILES string of the molecule is CCN(CC)C(C)n1cc(-c2ccccc2)c2ccccc21. The molecule has 1 heterocycles. The van der Waals surface area contributed by atoms with E-state index >= 15 is 0 Å². The van der Waals surface area contributed by atoms with Crippen molar-refractivity contribution in [1.82, 2.24) is 9.47 Å². The van der Waals surface area contributed by atoms with Gasteiger partial charge in [-0.15, -0.1) is 0 Å². The number of hydrogen-bond donors (Lipinski definition) is 0. The Bertz CT molecular complexity index is 739. The van der Waals surface area contributed by atoms with Gasteiger partial charge in [-0.2, -0.15) is 0 Å². The van der Waals surface area contributed by atoms with E-state index in [0.29, 0.717) is 6.17 Å². The van der Waals surface area contributed by atoms with E-state index in [4.69, 9.17) is 0 Å². The minimum absolute atomic E-state index is 0.359. The van der Waals surface area contributed by atoms with Crippen molar-refractivity contribution in [3.8, 4) is 11.1 Å². The van der Waals surface area contributed by atoms with Gasteiger partial charge in [0.25, 0.3) is 0 Å². The van der Waals surface area contributed by atoms with Crippen LogP contribution in [0.4, 0.5) is 0 Å². The molecular formula is C20H24N2. The molecule has 2 nitrogen and oxygen atoms in total. The van der Waals surface area contributed by atoms with E-state index in [1.165, 1.54) is 22.0 Å². The highest BCUT2D eigenvalue weighted by Crippen LogP contribution is 2.33. The predicted molar refractivity (Wildman–Crippen MR) is 95.0 cm³/mol. The molecule has 0 aliphatic rings. The van der Waals surface area contributed by atoms with E-state index < -0.39 is 0 Å². The fraction of sp³-hybridized carbons (Fsp3) is 0.300. The average Bonchev–Trinajstić information content (AvgIpc) is 2.96. The molecule has 0 amide bonds. The normalized spacial score (nSPS) is 12.9. The molecule has 1 atom stereocenters. The van der Waals surface area contributed by atoms with Gasteiger partial charge in [0.2, 0.25) is 0 Å². The van der Waals surface area contributed by atoms with Crippen molar-refractivity contribution in [3.05, 3.63) is 60.8 Å². The third-order valence-electron chi connectivity index (χ3n) is 4.57. The van der Waals surface area contributed by atoms with Crippen molar-refractivity contribution < 1.29 is 0 Å². The largest absolute Gasteiger partial charge is 0.331 e. The quantitative estimate of drug-likeness (QED) is 0.630. The Labute approximate surface area is 133 Å². The van der Waals surface area contributed by atoms with E-state index in [9.17, 15) is 0 Å². The number of aromatic nitrogens is 1. The maximum Gasteiger partial charge on any atom is 0.0835 e. The van der Waals surface area contributed by atoms with Gasteiger partial charge in [0, 0.05) is 22.7 Å². The molecule has 0 saturated heterocycles. The van der Waals surface area contributed by atoms with Crippen molar-refractivity contribution >= 4 is 10.9 Å². The zero-order valence-electron chi connectivity index (χ0n) is 13.7. The van der Waals surface area contributed by atoms with Crippen LogP contribution in [0.1, 0.15) is 26.9 Å². The molecule has 22 heavy (non-hydrogen) atoms. The molecule has 3 aromatic rings. The van der Waals surface area contributed by atoms with Crippen LogP contribution in [0.5, 0.6) is 0 Å². The van der Waals surface area contributed by atoms with Gasteiger partial charge in [0.05, 0.1) is 6.17 Å². The Morgan fingerprint density at radius 3 is 2.23 bits per heavy atom. The van der Waals surface area contributed by atoms with Crippen molar-refractivity contribution in [1.29, 1.82) is 0 Å². The minimum atomic E-state index is 0.359. The molecular weight excluding hydrogens is 268 g/mol. The Morgan fingerprint density at radius 2 is 1.55 bits per heavy atom. The van der Waals surface area contributed by atoms with E-state index in [1.54, 1.807) is 0 Å². The molecule has 1 unspecified atom stereocenters. The third kappa shape index (κ3) is 2.55. The first-order chi connectivity index (χ1) is 10.8. The topological polar surface area (TPSA) is 8.17 Å². The van der Waals surface area contributed by atoms with Gasteiger partial charge in [-0.05, 0) is 31.6 Å². The molecule has 114 valence electrons. The number of para-hydroxylation sites is 1. The lowest BCUT2D eigenvalue weighted by molar-refractivity contribution is 0.176. The zero-order chi connectivity index (χ0) is 15.5. The molecule has 0 bridgehead atoms. The lowest BCUT2D eigenvalue weighted by Gasteiger charge is -2.28. The summed E-state index contributed by atoms with van der Waals surface area (Å²) in [4.78, 5) is 2.47. The van der Waals surface area contributed by atoms with Crippen LogP contribution in [0.25, 0.3) is 22.0 Å². The summed E-state index contributed by atoms with van der Waals surface area (Å²) in [5.41, 5.74) is 3.90. The van der Waals surface area contributed by atoms with Crippen LogP contribution in [0.15, 0.2) is 60.8 Å². The summed E-state index contributed by atoms with van der Waals surface area (Å²) in [7, 11) is 0. The van der Waals surface area contributed by atoms with E-state index in [1.807, 2.05) is 0 Å². The summed E-state index contributed by atoms with van der Waals surface area (Å²) in [6.45, 7) is 8.86. The van der Waals surface area contributed by atoms with Crippen LogP contribution < -0.4 is 0 Å². The molecule has 0 aliphatic carbocycles. The van der Waals surface area contributed by atoms with Gasteiger partial charge >= 0.3 is 0 Å². The van der Waals surface area contributed by atoms with Crippen LogP contribution >= 0.6 is 0 Å². The molecule has 0 N–H and O–H groups in total. The molecule has 1 aromatic heterocycles. The van der Waals surface area contributed by atoms with Crippen LogP contribution in [0.2, 0.25) is 0 Å². The molecule has 0 aliphatic heterocycles. The summed E-state index contributed by atoms with van der Waals surface area (Å²) in [6, 6.07) is 19.4. The van der Waals surface area contributed by atoms with Crippen molar-refractivity contribution in [2.24, 2.45) is 0 Å². The molecule has 0 fully saturated rings. The molecule has 0 saturated carbocycles. The molecule has 3 rings (SSSR count). The second-order valence-electron chi connectivity index (χ2n) is 5.69. The van der Waals surface area contributed by atoms with Gasteiger partial charge in [0.15, 0.2) is 0 Å². The average molecular weight is 292 g/mol. The van der Waals surface area contributed by atoms with E-state index in [0.717, 1.165) is 13.1 Å². The smallest absolute Gasteiger partial charge is 0.0835 e. The molecule has 2 heteroatoms. The zero-order valence-corrected chi connectivity index (χ0v) is 13.7. The van der Waals surface area contributed by atoms with Gasteiger partial charge < -0.3 is 4.57 Å². The fourth-order valence-corrected chi connectivity index (χ4v) is 3.29. The van der Waals surface area contributed by atoms with Crippen LogP contribution in [0.3, 0.4) is 0 Å². The van der Waals surface area contributed by atoms with Crippen LogP contribution in [-0.4, -0.2) is 22.6 Å². The Hall–Kier alpha value is -2.06. The summed E-state index contributed by atoms with van der Waals surface area (Å²) in [5, 5.41) is 1.33. The van der Waals surface area contributed by atoms with E-state index in [-0.39, 0.29) is 0 Å². The summed E-state index contributed by atoms with van der Waals surface area (Å²) in [5.74, 6) is 0. The van der Waals surface area contributed by atoms with Crippen LogP contribution in [-0.2, 0) is 0 Å². The number of rotatable bonds is 5. The summed E-state index contributed by atoms with van der Waals surface area (Å²) in [6.07, 6.45) is 2.67. The number of nitrogens with zero attached hydrogens (tertiary/aromatic N) is 2. The minimum Gasteiger partial charge on any atom is -0.331 e. The van der Waals surface area contributed by atoms with Gasteiger partial charge in [0.1, 0.15) is 0 Å². The standard InChI is InChI=1S/C20H24N2/c1-4-21(5-2)16(3)22-15-19(17-11-7-6-8-12-17)18-13-9-10-14-20(18)22/h6-16H,4-5H2,1-3H3. The first kappa shape index (κ1) is 14.9. The lowest BCUT2D eigenvalue weighted by atomic mass is 10.1. The maximum absolute atomic E-state index is 2.47. The van der Waals surface area contributed by atoms with Crippen molar-refractivity contribution in [3.63, 3.8) is 0 Å². The molecule has 0 radical (unpaired) electrons. The molecule has 0 spiro atoms. The summed E-state index contributed by atoms with van der Waals surface area (Å²) >= 11 is 0. The third-order valence-corrected chi connectivity index (χ3v) is 4.57. The Balaban J connectivity index is 2.16. The highest BCUT2D eigenvalue weighted by atomic mass is 15.3. The first-order valence-electron chi connectivity index (χ1n) is 8.15. The van der Waals surface area contributed by atoms with Crippen molar-refractivity contribution in [2.75, 3.05) is 13.1 Å². The fourth-order valence-electron chi connectivity index (χ4n) is 3.29. The second-order valence-corrected chi connectivity index (χ2v) is 5.69. The number of benzene rings is 2. The summed E-state index contributed by atoms with van der Waals surface area (Å²) < 4.78 is 2.41. The molecule has 2 aromatic carbocycles. The highest BCUT2D eigenvalue weighted by Gasteiger charge is 2.17. The second kappa shape index (κ2) is 6.37. The van der Waals surface area contributed by atoms with Gasteiger partial charge in [-0.1, -0.05) is 62.4 Å². The van der Waals surface area contributed by atoms with Crippen molar-refractivity contribution in [2.45, 2.75) is 26.9 Å². The van der Waals surface area contributed by atoms with Gasteiger partial charge in [-0.3, -0.25) is 4.90 Å².